The van der Waals surface area contributed by atoms with Crippen LogP contribution in [0.3, 0.4) is 0 Å². The molecule has 0 aliphatic rings. The molecule has 0 aromatic heterocycles. The Morgan fingerprint density at radius 2 is 0.477 bits per heavy atom. The number of carbonyl (C=O) groups excluding carboxylic acids is 4. The van der Waals surface area contributed by atoms with E-state index in [4.69, 9.17) is 37.0 Å². The molecule has 0 aliphatic carbocycles. The summed E-state index contributed by atoms with van der Waals surface area (Å²) in [6.45, 7) is 12.1. The van der Waals surface area contributed by atoms with Gasteiger partial charge in [-0.2, -0.15) is 0 Å². The number of aliphatic hydroxyl groups excluding tert-OH is 1. The summed E-state index contributed by atoms with van der Waals surface area (Å²) in [4.78, 5) is 73.3. The maximum Gasteiger partial charge on any atom is 0.472 e. The van der Waals surface area contributed by atoms with Crippen LogP contribution in [0.5, 0.6) is 0 Å². The number of phosphoric ester groups is 2. The smallest absolute Gasteiger partial charge is 0.462 e. The van der Waals surface area contributed by atoms with Gasteiger partial charge in [0.15, 0.2) is 12.2 Å². The average molecular weight is 1560 g/mol. The number of ether oxygens (including phenoxy) is 4. The van der Waals surface area contributed by atoms with Gasteiger partial charge >= 0.3 is 39.5 Å². The molecule has 0 amide bonds. The lowest BCUT2D eigenvalue weighted by molar-refractivity contribution is -0.161. The molecule has 19 heteroatoms. The van der Waals surface area contributed by atoms with Crippen LogP contribution in [0, 0.1) is 17.8 Å². The van der Waals surface area contributed by atoms with Gasteiger partial charge in [0.05, 0.1) is 26.4 Å². The fourth-order valence-electron chi connectivity index (χ4n) is 13.7. The third-order valence-corrected chi connectivity index (χ3v) is 22.9. The number of unbranched alkanes of at least 4 members (excludes halogenated alkanes) is 53. The monoisotopic (exact) mass is 1560 g/mol. The van der Waals surface area contributed by atoms with E-state index >= 15 is 0 Å². The molecule has 0 rings (SSSR count). The van der Waals surface area contributed by atoms with E-state index in [1.54, 1.807) is 0 Å². The van der Waals surface area contributed by atoms with E-state index < -0.39 is 97.5 Å². The van der Waals surface area contributed by atoms with Crippen LogP contribution in [0.25, 0.3) is 0 Å². The highest BCUT2D eigenvalue weighted by Gasteiger charge is 2.31. The first-order valence-corrected chi connectivity index (χ1v) is 48.4. The third-order valence-electron chi connectivity index (χ3n) is 21.0. The van der Waals surface area contributed by atoms with Gasteiger partial charge in [0, 0.05) is 25.7 Å². The van der Waals surface area contributed by atoms with Crippen molar-refractivity contribution in [1.29, 1.82) is 0 Å². The average Bonchev–Trinajstić information content (AvgIpc) is 0.902. The summed E-state index contributed by atoms with van der Waals surface area (Å²) in [5.41, 5.74) is 0. The SMILES string of the molecule is CCCCCCCCCCCCCC(=O)OC[C@H](COP(=O)(O)OC[C@H](O)COP(=O)(O)OC[C@@H](COC(=O)CCCCCCCCCCCCCCCCCCCCC(C)C)OC(=O)CCCCCCCCCCCCCCCCCCCCC(C)C)OC(=O)CCCCCCCCCCCCC(C)CC. The number of hydrogen-bond donors (Lipinski definition) is 3. The van der Waals surface area contributed by atoms with Crippen molar-refractivity contribution in [3.8, 4) is 0 Å². The highest BCUT2D eigenvalue weighted by atomic mass is 31.2. The minimum absolute atomic E-state index is 0.107. The second-order valence-electron chi connectivity index (χ2n) is 32.8. The van der Waals surface area contributed by atoms with Gasteiger partial charge in [-0.25, -0.2) is 9.13 Å². The zero-order valence-electron chi connectivity index (χ0n) is 70.6. The summed E-state index contributed by atoms with van der Waals surface area (Å²) in [6, 6.07) is 0. The Morgan fingerprint density at radius 3 is 0.710 bits per heavy atom. The van der Waals surface area contributed by atoms with Crippen molar-refractivity contribution in [3.05, 3.63) is 0 Å². The lowest BCUT2D eigenvalue weighted by Gasteiger charge is -2.21. The quantitative estimate of drug-likeness (QED) is 0.0222. The molecule has 0 bridgehead atoms. The molecule has 0 heterocycles. The Labute approximate surface area is 658 Å². The number of carbonyl (C=O) groups is 4. The molecule has 0 saturated heterocycles. The summed E-state index contributed by atoms with van der Waals surface area (Å²) >= 11 is 0. The molecule has 107 heavy (non-hydrogen) atoms. The molecule has 636 valence electrons. The first-order valence-electron chi connectivity index (χ1n) is 45.4. The van der Waals surface area contributed by atoms with E-state index in [-0.39, 0.29) is 25.7 Å². The summed E-state index contributed by atoms with van der Waals surface area (Å²) in [5.74, 6) is 0.345. The predicted octanol–water partition coefficient (Wildman–Crippen LogP) is 26.9. The Morgan fingerprint density at radius 1 is 0.271 bits per heavy atom. The number of esters is 4. The third kappa shape index (κ3) is 80.5. The standard InChI is InChI=1S/C88H172O17P2/c1-8-10-11-12-13-14-31-41-48-55-62-69-85(90)98-75-84(105-88(93)72-65-58-51-44-37-36-40-47-54-61-68-81(7)9-2)78-103-107(96,97)101-74-82(89)73-100-106(94,95)102-77-83(104-87(92)71-64-57-50-43-35-30-26-22-18-16-20-24-28-33-39-46-53-60-67-80(5)6)76-99-86(91)70-63-56-49-42-34-29-25-21-17-15-19-23-27-32-38-45-52-59-66-79(3)4/h79-84,89H,8-78H2,1-7H3,(H,94,95)(H,96,97)/t81?,82-,83-,84-/m1/s1. The lowest BCUT2D eigenvalue weighted by atomic mass is 9.99. The molecular weight excluding hydrogens is 1390 g/mol. The van der Waals surface area contributed by atoms with Crippen LogP contribution >= 0.6 is 15.6 Å². The maximum atomic E-state index is 13.2. The van der Waals surface area contributed by atoms with Gasteiger partial charge in [-0.15, -0.1) is 0 Å². The minimum atomic E-state index is -4.97. The van der Waals surface area contributed by atoms with Gasteiger partial charge in [-0.1, -0.05) is 414 Å². The fourth-order valence-corrected chi connectivity index (χ4v) is 15.3. The zero-order chi connectivity index (χ0) is 78.6. The second-order valence-corrected chi connectivity index (χ2v) is 35.7. The Balaban J connectivity index is 5.23. The van der Waals surface area contributed by atoms with Gasteiger partial charge in [0.25, 0.3) is 0 Å². The van der Waals surface area contributed by atoms with Crippen molar-refractivity contribution >= 4 is 39.5 Å². The molecule has 0 aromatic rings. The van der Waals surface area contributed by atoms with Crippen molar-refractivity contribution in [3.63, 3.8) is 0 Å². The molecule has 0 radical (unpaired) electrons. The van der Waals surface area contributed by atoms with Crippen molar-refractivity contribution in [1.82, 2.24) is 0 Å². The first kappa shape index (κ1) is 105. The zero-order valence-corrected chi connectivity index (χ0v) is 72.4. The van der Waals surface area contributed by atoms with Gasteiger partial charge < -0.3 is 33.8 Å². The van der Waals surface area contributed by atoms with E-state index in [2.05, 4.69) is 48.5 Å². The molecule has 3 N–H and O–H groups in total. The van der Waals surface area contributed by atoms with Crippen LogP contribution in [0.4, 0.5) is 0 Å². The number of hydrogen-bond acceptors (Lipinski definition) is 15. The minimum Gasteiger partial charge on any atom is -0.462 e. The normalized spacial score (nSPS) is 14.1. The fraction of sp³-hybridized carbons (Fsp3) is 0.955. The van der Waals surface area contributed by atoms with E-state index in [0.717, 1.165) is 108 Å². The summed E-state index contributed by atoms with van der Waals surface area (Å²) in [7, 11) is -9.93. The molecule has 0 saturated carbocycles. The molecule has 3 unspecified atom stereocenters. The topological polar surface area (TPSA) is 237 Å². The van der Waals surface area contributed by atoms with Crippen molar-refractivity contribution in [2.45, 2.75) is 484 Å². The van der Waals surface area contributed by atoms with E-state index in [0.29, 0.717) is 25.7 Å². The van der Waals surface area contributed by atoms with E-state index in [1.807, 2.05) is 0 Å². The second kappa shape index (κ2) is 78.0. The van der Waals surface area contributed by atoms with Crippen molar-refractivity contribution < 1.29 is 80.2 Å². The lowest BCUT2D eigenvalue weighted by Crippen LogP contribution is -2.30. The molecule has 0 spiro atoms. The van der Waals surface area contributed by atoms with E-state index in [9.17, 15) is 43.2 Å². The van der Waals surface area contributed by atoms with Crippen LogP contribution in [-0.2, 0) is 65.4 Å². The molecular formula is C88H172O17P2. The van der Waals surface area contributed by atoms with Crippen molar-refractivity contribution in [2.24, 2.45) is 17.8 Å². The summed E-state index contributed by atoms with van der Waals surface area (Å²) in [5, 5.41) is 10.7. The largest absolute Gasteiger partial charge is 0.472 e. The van der Waals surface area contributed by atoms with Crippen LogP contribution in [-0.4, -0.2) is 96.7 Å². The van der Waals surface area contributed by atoms with Crippen LogP contribution in [0.15, 0.2) is 0 Å². The van der Waals surface area contributed by atoms with E-state index in [1.165, 1.54) is 276 Å². The van der Waals surface area contributed by atoms with Crippen molar-refractivity contribution in [2.75, 3.05) is 39.6 Å². The van der Waals surface area contributed by atoms with Gasteiger partial charge in [-0.3, -0.25) is 37.3 Å². The Kier molecular flexibility index (Phi) is 76.6. The van der Waals surface area contributed by atoms with Gasteiger partial charge in [0.2, 0.25) is 0 Å². The Bertz CT molecular complexity index is 2060. The summed E-state index contributed by atoms with van der Waals surface area (Å²) in [6.07, 6.45) is 69.4. The van der Waals surface area contributed by atoms with Crippen LogP contribution < -0.4 is 0 Å². The first-order chi connectivity index (χ1) is 51.8. The number of rotatable bonds is 86. The highest BCUT2D eigenvalue weighted by molar-refractivity contribution is 7.47. The molecule has 0 aromatic carbocycles. The van der Waals surface area contributed by atoms with Crippen LogP contribution in [0.1, 0.15) is 466 Å². The molecule has 17 nitrogen and oxygen atoms in total. The maximum absolute atomic E-state index is 13.2. The summed E-state index contributed by atoms with van der Waals surface area (Å²) < 4.78 is 68.9. The number of aliphatic hydroxyl groups is 1. The predicted molar refractivity (Wildman–Crippen MR) is 441 cm³/mol. The molecule has 0 fully saturated rings. The molecule has 0 aliphatic heterocycles. The van der Waals surface area contributed by atoms with Gasteiger partial charge in [-0.05, 0) is 43.4 Å². The molecule has 6 atom stereocenters. The highest BCUT2D eigenvalue weighted by Crippen LogP contribution is 2.45. The Hall–Kier alpha value is -1.94. The number of phosphoric acid groups is 2. The van der Waals surface area contributed by atoms with Gasteiger partial charge in [0.1, 0.15) is 19.3 Å². The van der Waals surface area contributed by atoms with Crippen LogP contribution in [0.2, 0.25) is 0 Å².